The van der Waals surface area contributed by atoms with E-state index in [2.05, 4.69) is 39.6 Å². The van der Waals surface area contributed by atoms with E-state index in [9.17, 15) is 19.2 Å². The van der Waals surface area contributed by atoms with Gasteiger partial charge in [-0.3, -0.25) is 9.89 Å². The lowest BCUT2D eigenvalue weighted by atomic mass is 9.83. The van der Waals surface area contributed by atoms with Crippen molar-refractivity contribution in [2.75, 3.05) is 29.4 Å². The number of hydrogen-bond acceptors (Lipinski definition) is 4. The van der Waals surface area contributed by atoms with Crippen LogP contribution in [0.4, 0.5) is 20.7 Å². The molecule has 0 radical (unpaired) electrons. The molecule has 176 valence electrons. The lowest BCUT2D eigenvalue weighted by Gasteiger charge is -2.53. The van der Waals surface area contributed by atoms with Crippen LogP contribution in [0.5, 0.6) is 0 Å². The smallest absolute Gasteiger partial charge is 0.309 e. The van der Waals surface area contributed by atoms with Crippen LogP contribution in [0.2, 0.25) is 0 Å². The summed E-state index contributed by atoms with van der Waals surface area (Å²) < 4.78 is 13.9. The van der Waals surface area contributed by atoms with Gasteiger partial charge in [-0.05, 0) is 64.0 Å². The van der Waals surface area contributed by atoms with Crippen molar-refractivity contribution in [1.82, 2.24) is 15.1 Å². The number of nitriles is 1. The van der Waals surface area contributed by atoms with Gasteiger partial charge in [0.15, 0.2) is 5.82 Å². The first-order chi connectivity index (χ1) is 15.4. The number of H-pyrrole nitrogens is 1. The summed E-state index contributed by atoms with van der Waals surface area (Å²) in [4.78, 5) is 27.9. The van der Waals surface area contributed by atoms with E-state index in [-0.39, 0.29) is 28.4 Å². The highest BCUT2D eigenvalue weighted by atomic mass is 32.3. The number of carbonyl (C=O) groups excluding carboxylic acids is 2. The van der Waals surface area contributed by atoms with Crippen molar-refractivity contribution in [3.05, 3.63) is 40.8 Å². The molecule has 2 aromatic rings. The van der Waals surface area contributed by atoms with Crippen molar-refractivity contribution < 1.29 is 14.0 Å². The number of carbonyl (C=O) groups is 2. The zero-order valence-electron chi connectivity index (χ0n) is 19.5. The number of aromatic amines is 1. The van der Waals surface area contributed by atoms with Crippen molar-refractivity contribution in [3.63, 3.8) is 0 Å². The Morgan fingerprint density at radius 3 is 2.52 bits per heavy atom. The molecule has 1 saturated carbocycles. The summed E-state index contributed by atoms with van der Waals surface area (Å²) >= 11 is 0. The molecule has 3 N–H and O–H groups in total. The van der Waals surface area contributed by atoms with Gasteiger partial charge in [-0.1, -0.05) is 6.07 Å². The molecule has 2 aliphatic rings. The Morgan fingerprint density at radius 2 is 1.94 bits per heavy atom. The average Bonchev–Trinajstić information content (AvgIpc) is 3.19. The predicted molar refractivity (Wildman–Crippen MR) is 128 cm³/mol. The SMILES string of the molecule is CC1(C)c2[nH]nc(NC(=O)C3(S(C)(C)C)CCC3)c2CN1C(=O)Nc1c(F)cccc1C#N. The number of fused-ring (bicyclic) bond motifs is 1. The number of para-hydroxylation sites is 1. The maximum Gasteiger partial charge on any atom is 0.323 e. The van der Waals surface area contributed by atoms with Crippen LogP contribution in [0.25, 0.3) is 0 Å². The number of hydrogen-bond donors (Lipinski definition) is 3. The molecule has 2 heterocycles. The molecular weight excluding hydrogens is 443 g/mol. The number of rotatable bonds is 4. The third kappa shape index (κ3) is 3.55. The number of halogens is 1. The zero-order valence-corrected chi connectivity index (χ0v) is 20.3. The van der Waals surface area contributed by atoms with E-state index in [1.165, 1.54) is 23.1 Å². The summed E-state index contributed by atoms with van der Waals surface area (Å²) in [6, 6.07) is 5.41. The van der Waals surface area contributed by atoms with Gasteiger partial charge in [0, 0.05) is 5.56 Å². The summed E-state index contributed by atoms with van der Waals surface area (Å²) in [5.74, 6) is -0.267. The largest absolute Gasteiger partial charge is 0.323 e. The van der Waals surface area contributed by atoms with Gasteiger partial charge in [0.25, 0.3) is 0 Å². The molecule has 0 bridgehead atoms. The molecule has 33 heavy (non-hydrogen) atoms. The molecular formula is C23H29FN6O2S. The topological polar surface area (TPSA) is 114 Å². The van der Waals surface area contributed by atoms with Gasteiger partial charge in [-0.25, -0.2) is 19.2 Å². The van der Waals surface area contributed by atoms with Crippen LogP contribution < -0.4 is 10.6 Å². The number of benzene rings is 1. The molecule has 0 saturated heterocycles. The number of anilines is 2. The average molecular weight is 473 g/mol. The molecule has 1 fully saturated rings. The van der Waals surface area contributed by atoms with Crippen LogP contribution in [0.3, 0.4) is 0 Å². The maximum atomic E-state index is 14.3. The van der Waals surface area contributed by atoms with E-state index >= 15 is 0 Å². The molecule has 1 aromatic heterocycles. The predicted octanol–water partition coefficient (Wildman–Crippen LogP) is 4.26. The first-order valence-electron chi connectivity index (χ1n) is 10.8. The van der Waals surface area contributed by atoms with Crippen LogP contribution in [0.15, 0.2) is 18.2 Å². The van der Waals surface area contributed by atoms with E-state index in [0.29, 0.717) is 11.5 Å². The van der Waals surface area contributed by atoms with Crippen LogP contribution >= 0.6 is 10.0 Å². The Balaban J connectivity index is 1.57. The Morgan fingerprint density at radius 1 is 1.24 bits per heavy atom. The van der Waals surface area contributed by atoms with Crippen LogP contribution in [0, 0.1) is 17.1 Å². The first-order valence-corrected chi connectivity index (χ1v) is 13.6. The number of nitrogens with zero attached hydrogens (tertiary/aromatic N) is 3. The minimum Gasteiger partial charge on any atom is -0.309 e. The van der Waals surface area contributed by atoms with Crippen LogP contribution in [-0.2, 0) is 16.9 Å². The molecule has 0 unspecified atom stereocenters. The Hall–Kier alpha value is -3.06. The van der Waals surface area contributed by atoms with Gasteiger partial charge >= 0.3 is 6.03 Å². The molecule has 3 amide bonds. The third-order valence-corrected chi connectivity index (χ3v) is 10.00. The first kappa shape index (κ1) is 23.1. The minimum atomic E-state index is -1.12. The van der Waals surface area contributed by atoms with Crippen molar-refractivity contribution in [2.45, 2.75) is 49.9 Å². The van der Waals surface area contributed by atoms with Gasteiger partial charge in [-0.15, -0.1) is 0 Å². The molecule has 4 rings (SSSR count). The summed E-state index contributed by atoms with van der Waals surface area (Å²) in [5.41, 5.74) is 0.562. The quantitative estimate of drug-likeness (QED) is 0.617. The number of urea groups is 1. The van der Waals surface area contributed by atoms with Gasteiger partial charge < -0.3 is 15.5 Å². The van der Waals surface area contributed by atoms with E-state index in [0.717, 1.165) is 24.8 Å². The highest BCUT2D eigenvalue weighted by molar-refractivity contribution is 8.33. The fourth-order valence-electron chi connectivity index (χ4n) is 4.70. The van der Waals surface area contributed by atoms with Crippen molar-refractivity contribution in [2.24, 2.45) is 0 Å². The fraction of sp³-hybridized carbons (Fsp3) is 0.478. The number of nitrogens with one attached hydrogen (secondary N) is 3. The summed E-state index contributed by atoms with van der Waals surface area (Å²) in [6.07, 6.45) is 9.26. The highest BCUT2D eigenvalue weighted by Gasteiger charge is 2.51. The molecule has 0 spiro atoms. The zero-order chi connectivity index (χ0) is 24.2. The van der Waals surface area contributed by atoms with Crippen molar-refractivity contribution in [3.8, 4) is 6.07 Å². The van der Waals surface area contributed by atoms with E-state index in [4.69, 9.17) is 0 Å². The molecule has 1 aromatic carbocycles. The molecule has 10 heteroatoms. The molecule has 1 aliphatic heterocycles. The monoisotopic (exact) mass is 472 g/mol. The fourth-order valence-corrected chi connectivity index (χ4v) is 6.82. The number of amides is 3. The third-order valence-electron chi connectivity index (χ3n) is 7.06. The molecule has 8 nitrogen and oxygen atoms in total. The van der Waals surface area contributed by atoms with Gasteiger partial charge in [0.2, 0.25) is 5.91 Å². The lowest BCUT2D eigenvalue weighted by molar-refractivity contribution is -0.120. The summed E-state index contributed by atoms with van der Waals surface area (Å²) in [7, 11) is -1.12. The van der Waals surface area contributed by atoms with Gasteiger partial charge in [-0.2, -0.15) is 10.4 Å². The second-order valence-corrected chi connectivity index (χ2v) is 14.4. The maximum absolute atomic E-state index is 14.3. The van der Waals surface area contributed by atoms with E-state index < -0.39 is 27.4 Å². The highest BCUT2D eigenvalue weighted by Crippen LogP contribution is 2.60. The Kier molecular flexibility index (Phi) is 5.44. The van der Waals surface area contributed by atoms with Crippen molar-refractivity contribution >= 4 is 33.5 Å². The van der Waals surface area contributed by atoms with Gasteiger partial charge in [0.05, 0.1) is 33.8 Å². The van der Waals surface area contributed by atoms with Gasteiger partial charge in [0.1, 0.15) is 11.9 Å². The molecule has 1 aliphatic carbocycles. The second kappa shape index (κ2) is 7.76. The normalized spacial score (nSPS) is 18.6. The summed E-state index contributed by atoms with van der Waals surface area (Å²) in [6.45, 7) is 3.88. The Labute approximate surface area is 194 Å². The Bertz CT molecular complexity index is 1170. The second-order valence-electron chi connectivity index (χ2n) is 9.91. The van der Waals surface area contributed by atoms with Crippen molar-refractivity contribution in [1.29, 1.82) is 5.26 Å². The standard InChI is InChI=1S/C23H29FN6O2S/c1-22(2)18-15(13-30(22)21(32)26-17-14(12-25)8-6-9-16(17)24)19(29-28-18)27-20(31)23(10-7-11-23)33(3,4)5/h6,8-9H,7,10-11,13H2,1-5H3,(H,26,32)(H2,27,28,29,31). The summed E-state index contributed by atoms with van der Waals surface area (Å²) in [5, 5.41) is 22.2. The lowest BCUT2D eigenvalue weighted by Crippen LogP contribution is -2.51. The minimum absolute atomic E-state index is 0.0173. The number of aromatic nitrogens is 2. The van der Waals surface area contributed by atoms with E-state index in [1.54, 1.807) is 0 Å². The van der Waals surface area contributed by atoms with E-state index in [1.807, 2.05) is 19.9 Å². The van der Waals surface area contributed by atoms with Crippen LogP contribution in [-0.4, -0.2) is 50.5 Å². The van der Waals surface area contributed by atoms with Crippen LogP contribution in [0.1, 0.15) is 49.9 Å². The molecule has 0 atom stereocenters.